The molecule has 0 bridgehead atoms. The largest absolute Gasteiger partial charge is 0.398 e. The monoisotopic (exact) mass is 233 g/mol. The lowest BCUT2D eigenvalue weighted by Crippen LogP contribution is -1.92. The summed E-state index contributed by atoms with van der Waals surface area (Å²) < 4.78 is 0. The zero-order valence-electron chi connectivity index (χ0n) is 10.4. The summed E-state index contributed by atoms with van der Waals surface area (Å²) in [5.41, 5.74) is 10.6. The van der Waals surface area contributed by atoms with Gasteiger partial charge in [0.1, 0.15) is 0 Å². The van der Waals surface area contributed by atoms with Crippen molar-refractivity contribution in [3.63, 3.8) is 0 Å². The van der Waals surface area contributed by atoms with Crippen LogP contribution < -0.4 is 5.73 Å². The summed E-state index contributed by atoms with van der Waals surface area (Å²) in [5, 5.41) is 2.49. The van der Waals surface area contributed by atoms with Crippen molar-refractivity contribution in [1.82, 2.24) is 0 Å². The Morgan fingerprint density at radius 3 is 2.28 bits per heavy atom. The minimum absolute atomic E-state index is 0.833. The second-order valence-electron chi connectivity index (χ2n) is 4.57. The van der Waals surface area contributed by atoms with Gasteiger partial charge in [0.25, 0.3) is 0 Å². The Morgan fingerprint density at radius 2 is 1.50 bits per heavy atom. The van der Waals surface area contributed by atoms with Gasteiger partial charge in [-0.1, -0.05) is 54.6 Å². The maximum absolute atomic E-state index is 6.17. The van der Waals surface area contributed by atoms with Gasteiger partial charge in [0.15, 0.2) is 0 Å². The van der Waals surface area contributed by atoms with Gasteiger partial charge in [-0.25, -0.2) is 0 Å². The average Bonchev–Trinajstić information content (AvgIpc) is 2.40. The molecule has 0 fully saturated rings. The fourth-order valence-corrected chi connectivity index (χ4v) is 2.46. The molecule has 18 heavy (non-hydrogen) atoms. The summed E-state index contributed by atoms with van der Waals surface area (Å²) in [5.74, 6) is 0. The molecule has 0 radical (unpaired) electrons. The highest BCUT2D eigenvalue weighted by Crippen LogP contribution is 2.34. The van der Waals surface area contributed by atoms with E-state index in [4.69, 9.17) is 5.73 Å². The molecule has 0 amide bonds. The molecular weight excluding hydrogens is 218 g/mol. The predicted octanol–water partition coefficient (Wildman–Crippen LogP) is 4.40. The smallest absolute Gasteiger partial charge is 0.0400 e. The van der Waals surface area contributed by atoms with Crippen LogP contribution in [0.1, 0.15) is 5.56 Å². The standard InChI is InChI=1S/C17H15N/c1-12-6-5-9-15-14(12)10-11-16(18)17(15)13-7-3-2-4-8-13/h2-11H,18H2,1H3. The Kier molecular flexibility index (Phi) is 2.52. The quantitative estimate of drug-likeness (QED) is 0.619. The summed E-state index contributed by atoms with van der Waals surface area (Å²) in [6, 6.07) is 20.8. The van der Waals surface area contributed by atoms with Crippen molar-refractivity contribution in [2.45, 2.75) is 6.92 Å². The molecule has 0 spiro atoms. The number of nitrogen functional groups attached to an aromatic ring is 1. The van der Waals surface area contributed by atoms with Crippen LogP contribution in [0.25, 0.3) is 21.9 Å². The van der Waals surface area contributed by atoms with Gasteiger partial charge in [-0.2, -0.15) is 0 Å². The average molecular weight is 233 g/mol. The molecule has 0 aliphatic carbocycles. The Labute approximate surface area is 107 Å². The molecule has 88 valence electrons. The molecule has 0 unspecified atom stereocenters. The van der Waals surface area contributed by atoms with Crippen molar-refractivity contribution in [3.8, 4) is 11.1 Å². The van der Waals surface area contributed by atoms with E-state index >= 15 is 0 Å². The maximum Gasteiger partial charge on any atom is 0.0400 e. The van der Waals surface area contributed by atoms with Gasteiger partial charge in [0, 0.05) is 11.3 Å². The highest BCUT2D eigenvalue weighted by Gasteiger charge is 2.08. The van der Waals surface area contributed by atoms with Gasteiger partial charge in [-0.05, 0) is 34.9 Å². The highest BCUT2D eigenvalue weighted by atomic mass is 14.6. The lowest BCUT2D eigenvalue weighted by molar-refractivity contribution is 1.53. The van der Waals surface area contributed by atoms with Crippen molar-refractivity contribution in [1.29, 1.82) is 0 Å². The fourth-order valence-electron chi connectivity index (χ4n) is 2.46. The lowest BCUT2D eigenvalue weighted by Gasteiger charge is -2.11. The van der Waals surface area contributed by atoms with Gasteiger partial charge in [-0.15, -0.1) is 0 Å². The van der Waals surface area contributed by atoms with E-state index in [1.807, 2.05) is 24.3 Å². The molecule has 0 atom stereocenters. The molecule has 3 aromatic rings. The summed E-state index contributed by atoms with van der Waals surface area (Å²) in [6.07, 6.45) is 0. The van der Waals surface area contributed by atoms with Crippen molar-refractivity contribution in [3.05, 3.63) is 66.2 Å². The molecule has 0 heterocycles. The van der Waals surface area contributed by atoms with Crippen LogP contribution in [0.5, 0.6) is 0 Å². The van der Waals surface area contributed by atoms with Crippen LogP contribution in [0.15, 0.2) is 60.7 Å². The Morgan fingerprint density at radius 1 is 0.722 bits per heavy atom. The minimum atomic E-state index is 0.833. The van der Waals surface area contributed by atoms with Gasteiger partial charge in [0.05, 0.1) is 0 Å². The Balaban J connectivity index is 2.41. The zero-order valence-corrected chi connectivity index (χ0v) is 10.4. The summed E-state index contributed by atoms with van der Waals surface area (Å²) in [4.78, 5) is 0. The first-order valence-corrected chi connectivity index (χ1v) is 6.10. The van der Waals surface area contributed by atoms with Crippen LogP contribution in [0, 0.1) is 6.92 Å². The molecule has 0 aromatic heterocycles. The summed E-state index contributed by atoms with van der Waals surface area (Å²) in [7, 11) is 0. The maximum atomic E-state index is 6.17. The third-order valence-electron chi connectivity index (χ3n) is 3.37. The van der Waals surface area contributed by atoms with Crippen LogP contribution in [0.2, 0.25) is 0 Å². The van der Waals surface area contributed by atoms with E-state index in [0.717, 1.165) is 11.3 Å². The molecule has 0 aliphatic rings. The number of fused-ring (bicyclic) bond motifs is 1. The van der Waals surface area contributed by atoms with E-state index in [2.05, 4.69) is 43.3 Å². The van der Waals surface area contributed by atoms with Crippen molar-refractivity contribution in [2.24, 2.45) is 0 Å². The lowest BCUT2D eigenvalue weighted by atomic mass is 9.94. The van der Waals surface area contributed by atoms with E-state index in [1.165, 1.54) is 21.9 Å². The number of hydrogen-bond acceptors (Lipinski definition) is 1. The first-order chi connectivity index (χ1) is 8.77. The predicted molar refractivity (Wildman–Crippen MR) is 78.5 cm³/mol. The van der Waals surface area contributed by atoms with Crippen molar-refractivity contribution < 1.29 is 0 Å². The molecule has 1 nitrogen and oxygen atoms in total. The molecule has 1 heteroatoms. The number of aryl methyl sites for hydroxylation is 1. The van der Waals surface area contributed by atoms with Crippen LogP contribution >= 0.6 is 0 Å². The number of nitrogens with two attached hydrogens (primary N) is 1. The van der Waals surface area contributed by atoms with E-state index in [1.54, 1.807) is 0 Å². The summed E-state index contributed by atoms with van der Waals surface area (Å²) in [6.45, 7) is 2.13. The molecular formula is C17H15N. The number of anilines is 1. The van der Waals surface area contributed by atoms with Crippen LogP contribution in [-0.4, -0.2) is 0 Å². The second kappa shape index (κ2) is 4.19. The molecule has 0 saturated carbocycles. The zero-order chi connectivity index (χ0) is 12.5. The third-order valence-corrected chi connectivity index (χ3v) is 3.37. The van der Waals surface area contributed by atoms with Gasteiger partial charge < -0.3 is 5.73 Å². The van der Waals surface area contributed by atoms with Crippen LogP contribution in [0.4, 0.5) is 5.69 Å². The molecule has 3 rings (SSSR count). The molecule has 2 N–H and O–H groups in total. The van der Waals surface area contributed by atoms with Gasteiger partial charge in [-0.3, -0.25) is 0 Å². The van der Waals surface area contributed by atoms with E-state index < -0.39 is 0 Å². The van der Waals surface area contributed by atoms with Crippen LogP contribution in [-0.2, 0) is 0 Å². The topological polar surface area (TPSA) is 26.0 Å². The minimum Gasteiger partial charge on any atom is -0.398 e. The number of benzene rings is 3. The Hall–Kier alpha value is -2.28. The molecule has 3 aromatic carbocycles. The fraction of sp³-hybridized carbons (Fsp3) is 0.0588. The second-order valence-corrected chi connectivity index (χ2v) is 4.57. The van der Waals surface area contributed by atoms with Crippen molar-refractivity contribution in [2.75, 3.05) is 5.73 Å². The third kappa shape index (κ3) is 1.65. The SMILES string of the molecule is Cc1cccc2c(-c3ccccc3)c(N)ccc12. The first kappa shape index (κ1) is 10.8. The van der Waals surface area contributed by atoms with E-state index in [0.29, 0.717) is 0 Å². The summed E-state index contributed by atoms with van der Waals surface area (Å²) >= 11 is 0. The number of hydrogen-bond donors (Lipinski definition) is 1. The van der Waals surface area contributed by atoms with Crippen LogP contribution in [0.3, 0.4) is 0 Å². The van der Waals surface area contributed by atoms with E-state index in [-0.39, 0.29) is 0 Å². The molecule has 0 saturated heterocycles. The number of rotatable bonds is 1. The first-order valence-electron chi connectivity index (χ1n) is 6.10. The Bertz CT molecular complexity index is 699. The van der Waals surface area contributed by atoms with Gasteiger partial charge in [0.2, 0.25) is 0 Å². The normalized spacial score (nSPS) is 10.7. The van der Waals surface area contributed by atoms with Gasteiger partial charge >= 0.3 is 0 Å². The van der Waals surface area contributed by atoms with Crippen molar-refractivity contribution >= 4 is 16.5 Å². The molecule has 0 aliphatic heterocycles. The van der Waals surface area contributed by atoms with E-state index in [9.17, 15) is 0 Å². The highest BCUT2D eigenvalue weighted by molar-refractivity contribution is 6.03.